The van der Waals surface area contributed by atoms with E-state index in [0.29, 0.717) is 5.92 Å². The van der Waals surface area contributed by atoms with Gasteiger partial charge in [-0.3, -0.25) is 0 Å². The number of rotatable bonds is 6. The van der Waals surface area contributed by atoms with Crippen LogP contribution in [0.15, 0.2) is 72.8 Å². The van der Waals surface area contributed by atoms with Gasteiger partial charge in [0.25, 0.3) is 0 Å². The normalized spacial score (nSPS) is 14.3. The molecular formula is C26H29FN2. The molecule has 0 saturated heterocycles. The van der Waals surface area contributed by atoms with Crippen molar-refractivity contribution in [3.63, 3.8) is 0 Å². The number of benzene rings is 3. The highest BCUT2D eigenvalue weighted by Crippen LogP contribution is 2.36. The quantitative estimate of drug-likeness (QED) is 0.551. The van der Waals surface area contributed by atoms with E-state index in [1.807, 2.05) is 12.1 Å². The highest BCUT2D eigenvalue weighted by molar-refractivity contribution is 5.71. The lowest BCUT2D eigenvalue weighted by atomic mass is 9.97. The molecule has 0 amide bonds. The van der Waals surface area contributed by atoms with E-state index in [1.165, 1.54) is 28.1 Å². The van der Waals surface area contributed by atoms with E-state index in [2.05, 4.69) is 72.4 Å². The molecule has 1 atom stereocenters. The molecule has 3 heteroatoms. The maximum Gasteiger partial charge on any atom is 0.123 e. The van der Waals surface area contributed by atoms with Crippen LogP contribution in [0.5, 0.6) is 0 Å². The minimum absolute atomic E-state index is 0.173. The van der Waals surface area contributed by atoms with Crippen LogP contribution in [0.1, 0.15) is 16.7 Å². The third-order valence-electron chi connectivity index (χ3n) is 5.73. The minimum Gasteiger partial charge on any atom is -0.341 e. The number of nitrogens with zero attached hydrogens (tertiary/aromatic N) is 2. The Labute approximate surface area is 173 Å². The molecule has 29 heavy (non-hydrogen) atoms. The van der Waals surface area contributed by atoms with Crippen LogP contribution in [0, 0.1) is 11.7 Å². The first kappa shape index (κ1) is 19.7. The lowest BCUT2D eigenvalue weighted by molar-refractivity contribution is 0.326. The van der Waals surface area contributed by atoms with Gasteiger partial charge in [-0.15, -0.1) is 0 Å². The monoisotopic (exact) mass is 388 g/mol. The maximum absolute atomic E-state index is 13.4. The van der Waals surface area contributed by atoms with E-state index < -0.39 is 0 Å². The molecule has 0 spiro atoms. The van der Waals surface area contributed by atoms with E-state index in [4.69, 9.17) is 0 Å². The first-order valence-electron chi connectivity index (χ1n) is 10.4. The summed E-state index contributed by atoms with van der Waals surface area (Å²) in [4.78, 5) is 4.76. The Bertz CT molecular complexity index is 901. The van der Waals surface area contributed by atoms with Crippen LogP contribution in [-0.2, 0) is 19.3 Å². The molecule has 0 N–H and O–H groups in total. The summed E-state index contributed by atoms with van der Waals surface area (Å²) in [5.41, 5.74) is 6.65. The van der Waals surface area contributed by atoms with Gasteiger partial charge in [-0.2, -0.15) is 0 Å². The van der Waals surface area contributed by atoms with Crippen LogP contribution >= 0.6 is 0 Å². The standard InChI is InChI=1S/C26H29FN2/c1-28(2)18-21(17-20-11-15-24(27)16-12-20)19-29-25-9-5-3-7-22(25)13-14-23-8-4-6-10-26(23)29/h3-12,15-16,21H,13-14,17-19H2,1-2H3. The fourth-order valence-electron chi connectivity index (χ4n) is 4.48. The molecule has 3 aromatic rings. The van der Waals surface area contributed by atoms with E-state index in [0.717, 1.165) is 32.4 Å². The average Bonchev–Trinajstić information content (AvgIpc) is 2.87. The smallest absolute Gasteiger partial charge is 0.123 e. The first-order valence-corrected chi connectivity index (χ1v) is 10.4. The first-order chi connectivity index (χ1) is 14.1. The van der Waals surface area contributed by atoms with Crippen LogP contribution < -0.4 is 4.90 Å². The predicted octanol–water partition coefficient (Wildman–Crippen LogP) is 5.48. The van der Waals surface area contributed by atoms with Crippen molar-refractivity contribution in [3.05, 3.63) is 95.3 Å². The van der Waals surface area contributed by atoms with Gasteiger partial charge in [-0.05, 0) is 80.2 Å². The van der Waals surface area contributed by atoms with Crippen LogP contribution in [0.4, 0.5) is 15.8 Å². The van der Waals surface area contributed by atoms with E-state index >= 15 is 0 Å². The summed E-state index contributed by atoms with van der Waals surface area (Å²) in [6.07, 6.45) is 3.07. The van der Waals surface area contributed by atoms with Crippen LogP contribution in [0.2, 0.25) is 0 Å². The summed E-state index contributed by atoms with van der Waals surface area (Å²) >= 11 is 0. The molecule has 0 radical (unpaired) electrons. The van der Waals surface area contributed by atoms with Crippen molar-refractivity contribution in [2.45, 2.75) is 19.3 Å². The Hall–Kier alpha value is -2.65. The molecule has 1 aliphatic rings. The van der Waals surface area contributed by atoms with E-state index in [9.17, 15) is 4.39 Å². The van der Waals surface area contributed by atoms with Crippen LogP contribution in [-0.4, -0.2) is 32.1 Å². The number of hydrogen-bond acceptors (Lipinski definition) is 2. The zero-order chi connectivity index (χ0) is 20.2. The summed E-state index contributed by atoms with van der Waals surface area (Å²) in [6, 6.07) is 24.6. The number of para-hydroxylation sites is 2. The Morgan fingerprint density at radius 3 is 1.93 bits per heavy atom. The van der Waals surface area contributed by atoms with Crippen molar-refractivity contribution in [1.82, 2.24) is 4.90 Å². The number of fused-ring (bicyclic) bond motifs is 2. The van der Waals surface area contributed by atoms with Crippen molar-refractivity contribution in [1.29, 1.82) is 0 Å². The van der Waals surface area contributed by atoms with Gasteiger partial charge in [0, 0.05) is 24.5 Å². The van der Waals surface area contributed by atoms with Gasteiger partial charge in [0.1, 0.15) is 5.82 Å². The Kier molecular flexibility index (Phi) is 5.96. The molecule has 4 rings (SSSR count). The lowest BCUT2D eigenvalue weighted by Crippen LogP contribution is -2.33. The Morgan fingerprint density at radius 1 is 0.828 bits per heavy atom. The SMILES string of the molecule is CN(C)CC(Cc1ccc(F)cc1)CN1c2ccccc2CCc2ccccc21. The third kappa shape index (κ3) is 4.68. The molecule has 0 fully saturated rings. The van der Waals surface area contributed by atoms with Gasteiger partial charge < -0.3 is 9.80 Å². The zero-order valence-electron chi connectivity index (χ0n) is 17.3. The summed E-state index contributed by atoms with van der Waals surface area (Å²) in [7, 11) is 4.25. The second-order valence-electron chi connectivity index (χ2n) is 8.33. The minimum atomic E-state index is -0.173. The summed E-state index contributed by atoms with van der Waals surface area (Å²) in [5, 5.41) is 0. The molecule has 1 aliphatic heterocycles. The molecule has 0 aliphatic carbocycles. The molecule has 0 bridgehead atoms. The van der Waals surface area contributed by atoms with E-state index in [-0.39, 0.29) is 5.82 Å². The largest absolute Gasteiger partial charge is 0.341 e. The van der Waals surface area contributed by atoms with Gasteiger partial charge in [0.15, 0.2) is 0 Å². The van der Waals surface area contributed by atoms with Crippen molar-refractivity contribution < 1.29 is 4.39 Å². The number of anilines is 2. The second kappa shape index (κ2) is 8.79. The molecule has 3 aromatic carbocycles. The zero-order valence-corrected chi connectivity index (χ0v) is 17.3. The highest BCUT2D eigenvalue weighted by atomic mass is 19.1. The van der Waals surface area contributed by atoms with Crippen molar-refractivity contribution in [2.75, 3.05) is 32.1 Å². The third-order valence-corrected chi connectivity index (χ3v) is 5.73. The molecule has 0 aromatic heterocycles. The van der Waals surface area contributed by atoms with Gasteiger partial charge in [-0.1, -0.05) is 48.5 Å². The molecule has 0 saturated carbocycles. The van der Waals surface area contributed by atoms with Crippen LogP contribution in [0.25, 0.3) is 0 Å². The van der Waals surface area contributed by atoms with Crippen molar-refractivity contribution in [2.24, 2.45) is 5.92 Å². The van der Waals surface area contributed by atoms with Crippen molar-refractivity contribution in [3.8, 4) is 0 Å². The molecular weight excluding hydrogens is 359 g/mol. The summed E-state index contributed by atoms with van der Waals surface area (Å²) in [6.45, 7) is 1.92. The average molecular weight is 389 g/mol. The second-order valence-corrected chi connectivity index (χ2v) is 8.33. The van der Waals surface area contributed by atoms with Crippen molar-refractivity contribution >= 4 is 11.4 Å². The fourth-order valence-corrected chi connectivity index (χ4v) is 4.48. The molecule has 150 valence electrons. The summed E-state index contributed by atoms with van der Waals surface area (Å²) < 4.78 is 13.4. The Balaban J connectivity index is 1.68. The molecule has 1 unspecified atom stereocenters. The number of aryl methyl sites for hydroxylation is 2. The summed E-state index contributed by atoms with van der Waals surface area (Å²) in [5.74, 6) is 0.253. The van der Waals surface area contributed by atoms with E-state index in [1.54, 1.807) is 12.1 Å². The van der Waals surface area contributed by atoms with Gasteiger partial charge in [0.2, 0.25) is 0 Å². The number of hydrogen-bond donors (Lipinski definition) is 0. The topological polar surface area (TPSA) is 6.48 Å². The lowest BCUT2D eigenvalue weighted by Gasteiger charge is -2.32. The molecule has 1 heterocycles. The van der Waals surface area contributed by atoms with Gasteiger partial charge in [-0.25, -0.2) is 4.39 Å². The Morgan fingerprint density at radius 2 is 1.38 bits per heavy atom. The van der Waals surface area contributed by atoms with Gasteiger partial charge >= 0.3 is 0 Å². The fraction of sp³-hybridized carbons (Fsp3) is 0.308. The van der Waals surface area contributed by atoms with Crippen LogP contribution in [0.3, 0.4) is 0 Å². The predicted molar refractivity (Wildman–Crippen MR) is 119 cm³/mol. The number of halogens is 1. The molecule has 2 nitrogen and oxygen atoms in total. The van der Waals surface area contributed by atoms with Gasteiger partial charge in [0.05, 0.1) is 0 Å². The maximum atomic E-state index is 13.4. The highest BCUT2D eigenvalue weighted by Gasteiger charge is 2.23.